The monoisotopic (exact) mass is 434 g/mol. The highest BCUT2D eigenvalue weighted by Crippen LogP contribution is 2.33. The molecule has 1 aromatic carbocycles. The van der Waals surface area contributed by atoms with Crippen LogP contribution < -0.4 is 5.32 Å². The Balaban J connectivity index is 1.47. The number of aliphatic imine (C=N–C) groups is 1. The Morgan fingerprint density at radius 3 is 2.69 bits per heavy atom. The average Bonchev–Trinajstić information content (AvgIpc) is 3.32. The normalized spacial score (nSPS) is 22.5. The molecule has 1 atom stereocenters. The van der Waals surface area contributed by atoms with Crippen LogP contribution in [0, 0.1) is 0 Å². The SMILES string of the molecule is C[C@@]1(C(=O)N(CC(=O)NCCc2ccccc2)C2CCCC2)CC(=O)N=C2C=CC=CN21. The zero-order valence-corrected chi connectivity index (χ0v) is 18.5. The van der Waals surface area contributed by atoms with E-state index in [1.54, 1.807) is 35.1 Å². The van der Waals surface area contributed by atoms with Gasteiger partial charge in [-0.25, -0.2) is 0 Å². The number of carbonyl (C=O) groups is 3. The summed E-state index contributed by atoms with van der Waals surface area (Å²) in [5.41, 5.74) is 0.0593. The predicted octanol–water partition coefficient (Wildman–Crippen LogP) is 2.59. The maximum atomic E-state index is 13.9. The number of amides is 3. The summed E-state index contributed by atoms with van der Waals surface area (Å²) in [6.07, 6.45) is 11.7. The first-order valence-corrected chi connectivity index (χ1v) is 11.3. The van der Waals surface area contributed by atoms with Gasteiger partial charge in [-0.15, -0.1) is 0 Å². The molecular formula is C25H30N4O3. The Morgan fingerprint density at radius 2 is 1.94 bits per heavy atom. The number of carbonyl (C=O) groups excluding carboxylic acids is 3. The molecular weight excluding hydrogens is 404 g/mol. The van der Waals surface area contributed by atoms with Crippen molar-refractivity contribution in [1.82, 2.24) is 15.1 Å². The zero-order chi connectivity index (χ0) is 22.6. The Kier molecular flexibility index (Phi) is 6.53. The molecule has 0 unspecified atom stereocenters. The van der Waals surface area contributed by atoms with Crippen molar-refractivity contribution < 1.29 is 14.4 Å². The second-order valence-corrected chi connectivity index (χ2v) is 8.84. The molecule has 1 fully saturated rings. The van der Waals surface area contributed by atoms with Crippen molar-refractivity contribution in [2.45, 2.75) is 57.0 Å². The van der Waals surface area contributed by atoms with E-state index in [-0.39, 0.29) is 36.7 Å². The van der Waals surface area contributed by atoms with Gasteiger partial charge in [0, 0.05) is 18.8 Å². The van der Waals surface area contributed by atoms with Gasteiger partial charge in [-0.3, -0.25) is 14.4 Å². The maximum Gasteiger partial charge on any atom is 0.250 e. The molecule has 0 aromatic heterocycles. The first-order valence-electron chi connectivity index (χ1n) is 11.3. The molecule has 2 aliphatic heterocycles. The van der Waals surface area contributed by atoms with E-state index in [2.05, 4.69) is 10.3 Å². The van der Waals surface area contributed by atoms with Gasteiger partial charge in [0.05, 0.1) is 13.0 Å². The van der Waals surface area contributed by atoms with Crippen molar-refractivity contribution in [1.29, 1.82) is 0 Å². The molecule has 7 nitrogen and oxygen atoms in total. The molecule has 168 valence electrons. The molecule has 4 rings (SSSR count). The summed E-state index contributed by atoms with van der Waals surface area (Å²) < 4.78 is 0. The largest absolute Gasteiger partial charge is 0.354 e. The van der Waals surface area contributed by atoms with Crippen molar-refractivity contribution in [3.63, 3.8) is 0 Å². The topological polar surface area (TPSA) is 82.1 Å². The van der Waals surface area contributed by atoms with Gasteiger partial charge in [-0.1, -0.05) is 49.2 Å². The standard InChI is InChI=1S/C25H30N4O3/c1-25(17-22(30)27-21-13-7-8-16-29(21)25)24(32)28(20-11-5-6-12-20)18-23(31)26-15-14-19-9-3-2-4-10-19/h2-4,7-10,13,16,20H,5-6,11-12,14-15,17-18H2,1H3,(H,26,31)/t25-/m0/s1. The van der Waals surface area contributed by atoms with Gasteiger partial charge in [0.2, 0.25) is 11.8 Å². The van der Waals surface area contributed by atoms with Crippen LogP contribution in [0.4, 0.5) is 0 Å². The lowest BCUT2D eigenvalue weighted by atomic mass is 9.89. The van der Waals surface area contributed by atoms with Crippen molar-refractivity contribution in [3.05, 3.63) is 60.3 Å². The number of nitrogens with one attached hydrogen (secondary N) is 1. The number of hydrogen-bond donors (Lipinski definition) is 1. The molecule has 0 bridgehead atoms. The Labute approximate surface area is 188 Å². The third-order valence-corrected chi connectivity index (χ3v) is 6.48. The van der Waals surface area contributed by atoms with Crippen LogP contribution in [0.5, 0.6) is 0 Å². The van der Waals surface area contributed by atoms with Gasteiger partial charge in [-0.05, 0) is 43.9 Å². The van der Waals surface area contributed by atoms with E-state index in [1.165, 1.54) is 0 Å². The number of hydrogen-bond acceptors (Lipinski definition) is 4. The summed E-state index contributed by atoms with van der Waals surface area (Å²) in [4.78, 5) is 46.6. The van der Waals surface area contributed by atoms with Gasteiger partial charge >= 0.3 is 0 Å². The van der Waals surface area contributed by atoms with Crippen LogP contribution >= 0.6 is 0 Å². The van der Waals surface area contributed by atoms with Crippen LogP contribution in [0.25, 0.3) is 0 Å². The average molecular weight is 435 g/mol. The van der Waals surface area contributed by atoms with Crippen LogP contribution in [0.3, 0.4) is 0 Å². The fourth-order valence-corrected chi connectivity index (χ4v) is 4.76. The van der Waals surface area contributed by atoms with E-state index in [1.807, 2.05) is 36.4 Å². The highest BCUT2D eigenvalue weighted by atomic mass is 16.2. The number of rotatable bonds is 7. The molecule has 1 aliphatic carbocycles. The molecule has 7 heteroatoms. The molecule has 0 saturated heterocycles. The molecule has 2 heterocycles. The van der Waals surface area contributed by atoms with Gasteiger partial charge in [-0.2, -0.15) is 4.99 Å². The van der Waals surface area contributed by atoms with Gasteiger partial charge < -0.3 is 15.1 Å². The van der Waals surface area contributed by atoms with Crippen LogP contribution in [-0.4, -0.2) is 58.0 Å². The van der Waals surface area contributed by atoms with Gasteiger partial charge in [0.15, 0.2) is 0 Å². The van der Waals surface area contributed by atoms with E-state index < -0.39 is 5.54 Å². The summed E-state index contributed by atoms with van der Waals surface area (Å²) in [5.74, 6) is -0.206. The number of benzene rings is 1. The summed E-state index contributed by atoms with van der Waals surface area (Å²) in [5, 5.41) is 2.96. The quantitative estimate of drug-likeness (QED) is 0.715. The second-order valence-electron chi connectivity index (χ2n) is 8.84. The molecule has 0 radical (unpaired) electrons. The highest BCUT2D eigenvalue weighted by Gasteiger charge is 2.48. The summed E-state index contributed by atoms with van der Waals surface area (Å²) in [7, 11) is 0. The van der Waals surface area contributed by atoms with Crippen LogP contribution in [0.1, 0.15) is 44.6 Å². The zero-order valence-electron chi connectivity index (χ0n) is 18.5. The smallest absolute Gasteiger partial charge is 0.250 e. The lowest BCUT2D eigenvalue weighted by molar-refractivity contribution is -0.148. The first-order chi connectivity index (χ1) is 15.5. The third kappa shape index (κ3) is 4.66. The fraction of sp³-hybridized carbons (Fsp3) is 0.440. The lowest BCUT2D eigenvalue weighted by Crippen LogP contribution is -2.63. The van der Waals surface area contributed by atoms with Crippen molar-refractivity contribution >= 4 is 23.6 Å². The molecule has 1 N–H and O–H groups in total. The van der Waals surface area contributed by atoms with Gasteiger partial charge in [0.25, 0.3) is 5.91 Å². The van der Waals surface area contributed by atoms with Gasteiger partial charge in [0.1, 0.15) is 11.4 Å². The Hall–Kier alpha value is -3.22. The van der Waals surface area contributed by atoms with E-state index in [0.29, 0.717) is 12.4 Å². The number of allylic oxidation sites excluding steroid dienone is 2. The third-order valence-electron chi connectivity index (χ3n) is 6.48. The van der Waals surface area contributed by atoms with Crippen molar-refractivity contribution in [2.75, 3.05) is 13.1 Å². The fourth-order valence-electron chi connectivity index (χ4n) is 4.76. The number of nitrogens with zero attached hydrogens (tertiary/aromatic N) is 3. The molecule has 3 amide bonds. The number of fused-ring (bicyclic) bond motifs is 1. The summed E-state index contributed by atoms with van der Waals surface area (Å²) in [6.45, 7) is 2.30. The minimum atomic E-state index is -1.09. The molecule has 3 aliphatic rings. The highest BCUT2D eigenvalue weighted by molar-refractivity contribution is 6.09. The Morgan fingerprint density at radius 1 is 1.19 bits per heavy atom. The van der Waals surface area contributed by atoms with E-state index in [9.17, 15) is 14.4 Å². The minimum absolute atomic E-state index is 0.00192. The van der Waals surface area contributed by atoms with Crippen LogP contribution in [-0.2, 0) is 20.8 Å². The minimum Gasteiger partial charge on any atom is -0.354 e. The van der Waals surface area contributed by atoms with Crippen molar-refractivity contribution in [2.24, 2.45) is 4.99 Å². The summed E-state index contributed by atoms with van der Waals surface area (Å²) in [6, 6.07) is 9.99. The van der Waals surface area contributed by atoms with Crippen molar-refractivity contribution in [3.8, 4) is 0 Å². The molecule has 0 spiro atoms. The first kappa shape index (κ1) is 22.0. The van der Waals surface area contributed by atoms with E-state index in [4.69, 9.17) is 0 Å². The second kappa shape index (κ2) is 9.51. The predicted molar refractivity (Wildman–Crippen MR) is 123 cm³/mol. The molecule has 1 saturated carbocycles. The Bertz CT molecular complexity index is 963. The summed E-state index contributed by atoms with van der Waals surface area (Å²) >= 11 is 0. The van der Waals surface area contributed by atoms with E-state index in [0.717, 1.165) is 37.7 Å². The number of amidine groups is 1. The van der Waals surface area contributed by atoms with Crippen LogP contribution in [0.2, 0.25) is 0 Å². The molecule has 32 heavy (non-hydrogen) atoms. The van der Waals surface area contributed by atoms with Crippen LogP contribution in [0.15, 0.2) is 59.8 Å². The van der Waals surface area contributed by atoms with E-state index >= 15 is 0 Å². The lowest BCUT2D eigenvalue weighted by Gasteiger charge is -2.45. The maximum absolute atomic E-state index is 13.9. The molecule has 1 aromatic rings.